The van der Waals surface area contributed by atoms with Gasteiger partial charge in [-0.15, -0.1) is 0 Å². The van der Waals surface area contributed by atoms with Gasteiger partial charge >= 0.3 is 5.97 Å². The van der Waals surface area contributed by atoms with Crippen molar-refractivity contribution in [2.75, 3.05) is 34.0 Å². The molecule has 4 heteroatoms. The second-order valence-corrected chi connectivity index (χ2v) is 9.80. The highest BCUT2D eigenvalue weighted by Gasteiger charge is 2.33. The summed E-state index contributed by atoms with van der Waals surface area (Å²) in [6, 6.07) is 0. The highest BCUT2D eigenvalue weighted by molar-refractivity contribution is 5.87. The minimum absolute atomic E-state index is 0.222. The third-order valence-corrected chi connectivity index (χ3v) is 7.67. The SMILES string of the molecule is C=C(COC)C(=O)OCC(COC)C1CCC(C2CCC(CCCCC)CC2)CC1. The quantitative estimate of drug-likeness (QED) is 0.202. The first-order chi connectivity index (χ1) is 14.6. The molecule has 1 unspecified atom stereocenters. The van der Waals surface area contributed by atoms with Gasteiger partial charge < -0.3 is 14.2 Å². The molecule has 1 atom stereocenters. The summed E-state index contributed by atoms with van der Waals surface area (Å²) >= 11 is 0. The highest BCUT2D eigenvalue weighted by Crippen LogP contribution is 2.43. The predicted molar refractivity (Wildman–Crippen MR) is 122 cm³/mol. The Morgan fingerprint density at radius 3 is 2.10 bits per heavy atom. The zero-order valence-corrected chi connectivity index (χ0v) is 19.8. The fourth-order valence-electron chi connectivity index (χ4n) is 5.77. The lowest BCUT2D eigenvalue weighted by Crippen LogP contribution is -2.32. The number of hydrogen-bond acceptors (Lipinski definition) is 4. The summed E-state index contributed by atoms with van der Waals surface area (Å²) in [6.45, 7) is 7.34. The largest absolute Gasteiger partial charge is 0.462 e. The van der Waals surface area contributed by atoms with Gasteiger partial charge in [0.1, 0.15) is 0 Å². The van der Waals surface area contributed by atoms with Gasteiger partial charge in [0.15, 0.2) is 0 Å². The van der Waals surface area contributed by atoms with Crippen LogP contribution in [0.3, 0.4) is 0 Å². The molecule has 0 aromatic carbocycles. The summed E-state index contributed by atoms with van der Waals surface area (Å²) in [5, 5.41) is 0. The predicted octanol–water partition coefficient (Wildman–Crippen LogP) is 6.19. The Hall–Kier alpha value is -0.870. The smallest absolute Gasteiger partial charge is 0.335 e. The molecule has 0 amide bonds. The summed E-state index contributed by atoms with van der Waals surface area (Å²) in [7, 11) is 3.30. The Labute approximate surface area is 185 Å². The van der Waals surface area contributed by atoms with Crippen molar-refractivity contribution >= 4 is 5.97 Å². The molecular weight excluding hydrogens is 376 g/mol. The molecule has 0 N–H and O–H groups in total. The van der Waals surface area contributed by atoms with E-state index in [1.807, 2.05) is 0 Å². The van der Waals surface area contributed by atoms with Crippen molar-refractivity contribution in [1.29, 1.82) is 0 Å². The second kappa shape index (κ2) is 14.2. The maximum Gasteiger partial charge on any atom is 0.335 e. The Morgan fingerprint density at radius 1 is 0.900 bits per heavy atom. The van der Waals surface area contributed by atoms with Gasteiger partial charge in [-0.2, -0.15) is 0 Å². The minimum atomic E-state index is -0.345. The van der Waals surface area contributed by atoms with Gasteiger partial charge in [0, 0.05) is 20.1 Å². The van der Waals surface area contributed by atoms with E-state index in [0.29, 0.717) is 24.7 Å². The van der Waals surface area contributed by atoms with Crippen LogP contribution < -0.4 is 0 Å². The summed E-state index contributed by atoms with van der Waals surface area (Å²) in [5.41, 5.74) is 0.377. The number of ether oxygens (including phenoxy) is 3. The second-order valence-electron chi connectivity index (χ2n) is 9.80. The van der Waals surface area contributed by atoms with Gasteiger partial charge in [0.2, 0.25) is 0 Å². The number of carbonyl (C=O) groups is 1. The van der Waals surface area contributed by atoms with E-state index in [-0.39, 0.29) is 18.5 Å². The van der Waals surface area contributed by atoms with Gasteiger partial charge in [-0.1, -0.05) is 52.0 Å². The molecule has 174 valence electrons. The molecule has 4 nitrogen and oxygen atoms in total. The summed E-state index contributed by atoms with van der Waals surface area (Å²) in [6.07, 6.45) is 16.6. The number of unbranched alkanes of at least 4 members (excludes halogenated alkanes) is 2. The van der Waals surface area contributed by atoms with E-state index in [0.717, 1.165) is 17.8 Å². The minimum Gasteiger partial charge on any atom is -0.462 e. The van der Waals surface area contributed by atoms with Crippen molar-refractivity contribution in [2.24, 2.45) is 29.6 Å². The maximum atomic E-state index is 12.0. The van der Waals surface area contributed by atoms with Crippen LogP contribution in [0.5, 0.6) is 0 Å². The molecule has 30 heavy (non-hydrogen) atoms. The lowest BCUT2D eigenvalue weighted by atomic mass is 9.67. The molecular formula is C26H46O4. The summed E-state index contributed by atoms with van der Waals surface area (Å²) in [4.78, 5) is 12.0. The number of carbonyl (C=O) groups excluding carboxylic acids is 1. The van der Waals surface area contributed by atoms with Crippen LogP contribution in [-0.2, 0) is 19.0 Å². The van der Waals surface area contributed by atoms with E-state index in [4.69, 9.17) is 14.2 Å². The van der Waals surface area contributed by atoms with Crippen LogP contribution in [0.15, 0.2) is 12.2 Å². The van der Waals surface area contributed by atoms with Crippen LogP contribution in [0.25, 0.3) is 0 Å². The average Bonchev–Trinajstić information content (AvgIpc) is 2.77. The molecule has 0 aromatic rings. The highest BCUT2D eigenvalue weighted by atomic mass is 16.5. The fraction of sp³-hybridized carbons (Fsp3) is 0.885. The third-order valence-electron chi connectivity index (χ3n) is 7.67. The maximum absolute atomic E-state index is 12.0. The van der Waals surface area contributed by atoms with Crippen molar-refractivity contribution in [1.82, 2.24) is 0 Å². The van der Waals surface area contributed by atoms with E-state index in [1.165, 1.54) is 77.0 Å². The molecule has 0 spiro atoms. The van der Waals surface area contributed by atoms with E-state index < -0.39 is 0 Å². The number of methoxy groups -OCH3 is 2. The Balaban J connectivity index is 1.72. The van der Waals surface area contributed by atoms with Crippen molar-refractivity contribution < 1.29 is 19.0 Å². The molecule has 2 aliphatic rings. The Kier molecular flexibility index (Phi) is 12.1. The molecule has 0 bridgehead atoms. The molecule has 2 saturated carbocycles. The van der Waals surface area contributed by atoms with Gasteiger partial charge in [0.25, 0.3) is 0 Å². The van der Waals surface area contributed by atoms with Crippen molar-refractivity contribution in [3.8, 4) is 0 Å². The lowest BCUT2D eigenvalue weighted by Gasteiger charge is -2.39. The van der Waals surface area contributed by atoms with E-state index in [9.17, 15) is 4.79 Å². The topological polar surface area (TPSA) is 44.8 Å². The van der Waals surface area contributed by atoms with Crippen LogP contribution >= 0.6 is 0 Å². The molecule has 2 aliphatic carbocycles. The van der Waals surface area contributed by atoms with Crippen LogP contribution in [-0.4, -0.2) is 40.0 Å². The number of rotatable bonds is 13. The van der Waals surface area contributed by atoms with E-state index >= 15 is 0 Å². The van der Waals surface area contributed by atoms with Gasteiger partial charge in [-0.25, -0.2) is 4.79 Å². The normalized spacial score (nSPS) is 28.1. The lowest BCUT2D eigenvalue weighted by molar-refractivity contribution is -0.142. The number of esters is 1. The van der Waals surface area contributed by atoms with Crippen molar-refractivity contribution in [3.05, 3.63) is 12.2 Å². The molecule has 2 fully saturated rings. The van der Waals surface area contributed by atoms with Crippen LogP contribution in [0, 0.1) is 29.6 Å². The first kappa shape index (κ1) is 25.4. The van der Waals surface area contributed by atoms with Crippen LogP contribution in [0.2, 0.25) is 0 Å². The molecule has 0 saturated heterocycles. The molecule has 0 radical (unpaired) electrons. The Morgan fingerprint density at radius 2 is 1.53 bits per heavy atom. The molecule has 0 aliphatic heterocycles. The monoisotopic (exact) mass is 422 g/mol. The first-order valence-corrected chi connectivity index (χ1v) is 12.4. The first-order valence-electron chi connectivity index (χ1n) is 12.4. The van der Waals surface area contributed by atoms with E-state index in [2.05, 4.69) is 13.5 Å². The summed E-state index contributed by atoms with van der Waals surface area (Å²) in [5.74, 6) is 3.38. The molecule has 0 aromatic heterocycles. The Bertz CT molecular complexity index is 487. The van der Waals surface area contributed by atoms with Crippen molar-refractivity contribution in [2.45, 2.75) is 84.0 Å². The summed E-state index contributed by atoms with van der Waals surface area (Å²) < 4.78 is 15.9. The molecule has 2 rings (SSSR count). The van der Waals surface area contributed by atoms with Crippen LogP contribution in [0.1, 0.15) is 84.0 Å². The zero-order valence-electron chi connectivity index (χ0n) is 19.8. The van der Waals surface area contributed by atoms with Crippen LogP contribution in [0.4, 0.5) is 0 Å². The molecule has 0 heterocycles. The van der Waals surface area contributed by atoms with E-state index in [1.54, 1.807) is 14.2 Å². The standard InChI is InChI=1S/C26H46O4/c1-5-6-7-8-21-9-11-22(12-10-21)23-13-15-24(16-14-23)25(18-29-4)19-30-26(27)20(2)17-28-3/h21-25H,2,5-19H2,1,3-4H3. The van der Waals surface area contributed by atoms with Crippen molar-refractivity contribution in [3.63, 3.8) is 0 Å². The van der Waals surface area contributed by atoms with Gasteiger partial charge in [-0.3, -0.25) is 0 Å². The van der Waals surface area contributed by atoms with Gasteiger partial charge in [-0.05, 0) is 62.2 Å². The zero-order chi connectivity index (χ0) is 21.8. The fourth-order valence-corrected chi connectivity index (χ4v) is 5.77. The average molecular weight is 423 g/mol. The van der Waals surface area contributed by atoms with Gasteiger partial charge in [0.05, 0.1) is 25.4 Å². The number of hydrogen-bond donors (Lipinski definition) is 0. The third kappa shape index (κ3) is 8.34.